The number of aromatic nitrogens is 3. The Bertz CT molecular complexity index is 1020. The van der Waals surface area contributed by atoms with Crippen molar-refractivity contribution in [3.8, 4) is 0 Å². The molecule has 3 rings (SSSR count). The van der Waals surface area contributed by atoms with Crippen molar-refractivity contribution in [1.82, 2.24) is 14.8 Å². The van der Waals surface area contributed by atoms with Gasteiger partial charge in [-0.3, -0.25) is 9.59 Å². The molecule has 0 aliphatic carbocycles. The molecule has 0 unspecified atom stereocenters. The van der Waals surface area contributed by atoms with Crippen LogP contribution in [0.1, 0.15) is 11.4 Å². The van der Waals surface area contributed by atoms with Crippen molar-refractivity contribution in [3.05, 3.63) is 65.7 Å². The first-order valence-corrected chi connectivity index (χ1v) is 9.82. The van der Waals surface area contributed by atoms with Crippen LogP contribution in [0.3, 0.4) is 0 Å². The molecule has 3 aromatic rings. The van der Waals surface area contributed by atoms with E-state index in [1.54, 1.807) is 17.7 Å². The Hall–Kier alpha value is -3.20. The van der Waals surface area contributed by atoms with Crippen LogP contribution in [-0.2, 0) is 23.1 Å². The zero-order valence-corrected chi connectivity index (χ0v) is 16.8. The molecule has 7 nitrogen and oxygen atoms in total. The molecule has 0 aliphatic rings. The fraction of sp³-hybridized carbons (Fsp3) is 0.200. The van der Waals surface area contributed by atoms with Crippen LogP contribution in [0.2, 0.25) is 0 Å². The van der Waals surface area contributed by atoms with Crippen molar-refractivity contribution in [3.63, 3.8) is 0 Å². The summed E-state index contributed by atoms with van der Waals surface area (Å²) in [6, 6.07) is 13.2. The van der Waals surface area contributed by atoms with Crippen LogP contribution in [0.5, 0.6) is 0 Å². The molecule has 2 amide bonds. The molecule has 0 radical (unpaired) electrons. The molecule has 150 valence electrons. The summed E-state index contributed by atoms with van der Waals surface area (Å²) in [5.74, 6) is -0.343. The van der Waals surface area contributed by atoms with Gasteiger partial charge in [0.05, 0.1) is 12.2 Å². The van der Waals surface area contributed by atoms with Gasteiger partial charge in [-0.1, -0.05) is 35.5 Å². The van der Waals surface area contributed by atoms with Crippen molar-refractivity contribution >= 4 is 35.0 Å². The molecule has 0 saturated carbocycles. The molecule has 2 aromatic carbocycles. The lowest BCUT2D eigenvalue weighted by Crippen LogP contribution is -2.17. The van der Waals surface area contributed by atoms with Crippen LogP contribution in [0.25, 0.3) is 0 Å². The van der Waals surface area contributed by atoms with E-state index < -0.39 is 5.82 Å². The summed E-state index contributed by atoms with van der Waals surface area (Å²) in [6.45, 7) is 1.97. The number of hydrogen-bond donors (Lipinski definition) is 2. The number of hydrogen-bond acceptors (Lipinski definition) is 5. The van der Waals surface area contributed by atoms with E-state index in [1.807, 2.05) is 31.2 Å². The number of thioether (sulfide) groups is 1. The Labute approximate surface area is 171 Å². The second kappa shape index (κ2) is 9.33. The Balaban J connectivity index is 1.52. The minimum absolute atomic E-state index is 0.0629. The molecule has 29 heavy (non-hydrogen) atoms. The van der Waals surface area contributed by atoms with Gasteiger partial charge in [-0.15, -0.1) is 10.2 Å². The number of anilines is 2. The molecule has 0 fully saturated rings. The van der Waals surface area contributed by atoms with Crippen molar-refractivity contribution < 1.29 is 14.0 Å². The van der Waals surface area contributed by atoms with Crippen molar-refractivity contribution in [2.24, 2.45) is 7.05 Å². The first kappa shape index (κ1) is 20.5. The summed E-state index contributed by atoms with van der Waals surface area (Å²) in [5.41, 5.74) is 2.22. The highest BCUT2D eigenvalue weighted by Gasteiger charge is 2.15. The molecular formula is C20H20FN5O2S. The van der Waals surface area contributed by atoms with Gasteiger partial charge in [0, 0.05) is 18.4 Å². The maximum Gasteiger partial charge on any atom is 0.234 e. The Morgan fingerprint density at radius 3 is 2.48 bits per heavy atom. The van der Waals surface area contributed by atoms with E-state index in [1.165, 1.54) is 30.0 Å². The molecule has 1 heterocycles. The fourth-order valence-electron chi connectivity index (χ4n) is 2.50. The number of carbonyl (C=O) groups excluding carboxylic acids is 2. The number of amides is 2. The maximum absolute atomic E-state index is 13.2. The maximum atomic E-state index is 13.2. The van der Waals surface area contributed by atoms with Gasteiger partial charge < -0.3 is 15.2 Å². The Kier molecular flexibility index (Phi) is 6.61. The standard InChI is InChI=1S/C20H20FN5O2S/c1-13-6-8-15(9-7-13)22-18(27)11-17-24-25-20(26(17)2)29-12-19(28)23-16-5-3-4-14(21)10-16/h3-10H,11-12H2,1-2H3,(H,22,27)(H,23,28). The zero-order chi connectivity index (χ0) is 20.8. The third kappa shape index (κ3) is 5.89. The highest BCUT2D eigenvalue weighted by molar-refractivity contribution is 7.99. The number of aryl methyl sites for hydroxylation is 1. The summed E-state index contributed by atoms with van der Waals surface area (Å²) in [7, 11) is 1.74. The lowest BCUT2D eigenvalue weighted by atomic mass is 10.2. The van der Waals surface area contributed by atoms with Crippen LogP contribution in [-0.4, -0.2) is 32.3 Å². The van der Waals surface area contributed by atoms with Gasteiger partial charge in [-0.25, -0.2) is 4.39 Å². The SMILES string of the molecule is Cc1ccc(NC(=O)Cc2nnc(SCC(=O)Nc3cccc(F)c3)n2C)cc1. The van der Waals surface area contributed by atoms with Gasteiger partial charge in [0.1, 0.15) is 11.6 Å². The molecule has 0 saturated heterocycles. The van der Waals surface area contributed by atoms with Gasteiger partial charge >= 0.3 is 0 Å². The third-order valence-corrected chi connectivity index (χ3v) is 5.04. The molecular weight excluding hydrogens is 393 g/mol. The lowest BCUT2D eigenvalue weighted by molar-refractivity contribution is -0.116. The van der Waals surface area contributed by atoms with Crippen molar-refractivity contribution in [2.45, 2.75) is 18.5 Å². The summed E-state index contributed by atoms with van der Waals surface area (Å²) >= 11 is 1.18. The van der Waals surface area contributed by atoms with Crippen LogP contribution < -0.4 is 10.6 Å². The lowest BCUT2D eigenvalue weighted by Gasteiger charge is -2.07. The smallest absolute Gasteiger partial charge is 0.234 e. The second-order valence-electron chi connectivity index (χ2n) is 6.40. The summed E-state index contributed by atoms with van der Waals surface area (Å²) in [6.07, 6.45) is 0.0629. The normalized spacial score (nSPS) is 10.6. The van der Waals surface area contributed by atoms with E-state index in [0.29, 0.717) is 22.4 Å². The molecule has 0 spiro atoms. The predicted octanol–water partition coefficient (Wildman–Crippen LogP) is 3.17. The predicted molar refractivity (Wildman–Crippen MR) is 110 cm³/mol. The summed E-state index contributed by atoms with van der Waals surface area (Å²) < 4.78 is 14.8. The van der Waals surface area contributed by atoms with Gasteiger partial charge in [-0.05, 0) is 37.3 Å². The molecule has 2 N–H and O–H groups in total. The number of nitrogens with one attached hydrogen (secondary N) is 2. The van der Waals surface area contributed by atoms with E-state index >= 15 is 0 Å². The molecule has 9 heteroatoms. The molecule has 0 atom stereocenters. The molecule has 1 aromatic heterocycles. The van der Waals surface area contributed by atoms with Gasteiger partial charge in [0.2, 0.25) is 11.8 Å². The van der Waals surface area contributed by atoms with Gasteiger partial charge in [-0.2, -0.15) is 0 Å². The first-order valence-electron chi connectivity index (χ1n) is 8.84. The number of halogens is 1. The third-order valence-electron chi connectivity index (χ3n) is 4.02. The Morgan fingerprint density at radius 2 is 1.76 bits per heavy atom. The van der Waals surface area contributed by atoms with Crippen LogP contribution in [0.4, 0.5) is 15.8 Å². The van der Waals surface area contributed by atoms with Gasteiger partial charge in [0.25, 0.3) is 0 Å². The number of rotatable bonds is 7. The monoisotopic (exact) mass is 413 g/mol. The number of benzene rings is 2. The van der Waals surface area contributed by atoms with Crippen molar-refractivity contribution in [1.29, 1.82) is 0 Å². The van der Waals surface area contributed by atoms with Crippen LogP contribution in [0.15, 0.2) is 53.7 Å². The van der Waals surface area contributed by atoms with Crippen LogP contribution in [0, 0.1) is 12.7 Å². The fourth-order valence-corrected chi connectivity index (χ4v) is 3.23. The quantitative estimate of drug-likeness (QED) is 0.581. The van der Waals surface area contributed by atoms with E-state index in [0.717, 1.165) is 5.56 Å². The number of carbonyl (C=O) groups is 2. The highest BCUT2D eigenvalue weighted by atomic mass is 32.2. The zero-order valence-electron chi connectivity index (χ0n) is 16.0. The first-order chi connectivity index (χ1) is 13.9. The average molecular weight is 413 g/mol. The van der Waals surface area contributed by atoms with Crippen molar-refractivity contribution in [2.75, 3.05) is 16.4 Å². The molecule has 0 bridgehead atoms. The molecule has 0 aliphatic heterocycles. The van der Waals surface area contributed by atoms with E-state index in [9.17, 15) is 14.0 Å². The Morgan fingerprint density at radius 1 is 1.03 bits per heavy atom. The average Bonchev–Trinajstić information content (AvgIpc) is 3.01. The summed E-state index contributed by atoms with van der Waals surface area (Å²) in [5, 5.41) is 14.0. The van der Waals surface area contributed by atoms with Crippen LogP contribution >= 0.6 is 11.8 Å². The minimum Gasteiger partial charge on any atom is -0.326 e. The van der Waals surface area contributed by atoms with E-state index in [4.69, 9.17) is 0 Å². The highest BCUT2D eigenvalue weighted by Crippen LogP contribution is 2.17. The van der Waals surface area contributed by atoms with E-state index in [-0.39, 0.29) is 24.0 Å². The summed E-state index contributed by atoms with van der Waals surface area (Å²) in [4.78, 5) is 24.3. The van der Waals surface area contributed by atoms with Gasteiger partial charge in [0.15, 0.2) is 5.16 Å². The minimum atomic E-state index is -0.419. The topological polar surface area (TPSA) is 88.9 Å². The second-order valence-corrected chi connectivity index (χ2v) is 7.34. The number of nitrogens with zero attached hydrogens (tertiary/aromatic N) is 3. The largest absolute Gasteiger partial charge is 0.326 e. The van der Waals surface area contributed by atoms with E-state index in [2.05, 4.69) is 20.8 Å².